The van der Waals surface area contributed by atoms with Crippen molar-refractivity contribution >= 4 is 11.9 Å². The van der Waals surface area contributed by atoms with Crippen LogP contribution in [-0.2, 0) is 16.0 Å². The third-order valence-electron chi connectivity index (χ3n) is 2.66. The Labute approximate surface area is 105 Å². The van der Waals surface area contributed by atoms with Crippen LogP contribution in [0.4, 0.5) is 0 Å². The zero-order valence-electron chi connectivity index (χ0n) is 10.1. The Bertz CT molecular complexity index is 408. The standard InChI is InChI=1S/C12H16N2O4/c1-14(10(12(17)18)7-11(15)16)6-4-9-3-2-5-13-8-9/h2-3,5,8,10H,4,6-7H2,1H3,(H,15,16)(H,17,18). The van der Waals surface area contributed by atoms with Crippen molar-refractivity contribution < 1.29 is 19.8 Å². The summed E-state index contributed by atoms with van der Waals surface area (Å²) >= 11 is 0. The molecule has 6 heteroatoms. The number of hydrogen-bond acceptors (Lipinski definition) is 4. The SMILES string of the molecule is CN(CCc1cccnc1)C(CC(=O)O)C(=O)O. The average Bonchev–Trinajstić information content (AvgIpc) is 2.34. The number of likely N-dealkylation sites (N-methyl/N-ethyl adjacent to an activating group) is 1. The first-order valence-corrected chi connectivity index (χ1v) is 5.54. The molecule has 0 radical (unpaired) electrons. The van der Waals surface area contributed by atoms with E-state index < -0.39 is 24.4 Å². The highest BCUT2D eigenvalue weighted by Crippen LogP contribution is 2.05. The van der Waals surface area contributed by atoms with E-state index >= 15 is 0 Å². The van der Waals surface area contributed by atoms with Gasteiger partial charge >= 0.3 is 11.9 Å². The van der Waals surface area contributed by atoms with Gasteiger partial charge in [0, 0.05) is 18.9 Å². The predicted molar refractivity (Wildman–Crippen MR) is 64.2 cm³/mol. The van der Waals surface area contributed by atoms with E-state index in [-0.39, 0.29) is 0 Å². The predicted octanol–water partition coefficient (Wildman–Crippen LogP) is 0.484. The zero-order chi connectivity index (χ0) is 13.5. The Kier molecular flexibility index (Phi) is 5.26. The van der Waals surface area contributed by atoms with Crippen LogP contribution in [0.5, 0.6) is 0 Å². The highest BCUT2D eigenvalue weighted by Gasteiger charge is 2.25. The number of carboxylic acid groups (broad SMARTS) is 2. The smallest absolute Gasteiger partial charge is 0.321 e. The lowest BCUT2D eigenvalue weighted by Crippen LogP contribution is -2.41. The number of carbonyl (C=O) groups is 2. The highest BCUT2D eigenvalue weighted by molar-refractivity contribution is 5.80. The van der Waals surface area contributed by atoms with Crippen molar-refractivity contribution in [2.75, 3.05) is 13.6 Å². The third kappa shape index (κ3) is 4.50. The van der Waals surface area contributed by atoms with Crippen LogP contribution in [-0.4, -0.2) is 51.7 Å². The van der Waals surface area contributed by atoms with E-state index in [1.807, 2.05) is 6.07 Å². The highest BCUT2D eigenvalue weighted by atomic mass is 16.4. The minimum absolute atomic E-state index is 0.404. The second kappa shape index (κ2) is 6.70. The number of nitrogens with zero attached hydrogens (tertiary/aromatic N) is 2. The Morgan fingerprint density at radius 1 is 1.44 bits per heavy atom. The largest absolute Gasteiger partial charge is 0.481 e. The third-order valence-corrected chi connectivity index (χ3v) is 2.66. The summed E-state index contributed by atoms with van der Waals surface area (Å²) in [6.07, 6.45) is 3.60. The van der Waals surface area contributed by atoms with Crippen LogP contribution in [0.25, 0.3) is 0 Å². The molecule has 1 atom stereocenters. The number of hydrogen-bond donors (Lipinski definition) is 2. The van der Waals surface area contributed by atoms with Gasteiger partial charge in [-0.3, -0.25) is 19.5 Å². The summed E-state index contributed by atoms with van der Waals surface area (Å²) in [4.78, 5) is 27.1. The summed E-state index contributed by atoms with van der Waals surface area (Å²) in [5.41, 5.74) is 0.990. The summed E-state index contributed by atoms with van der Waals surface area (Å²) in [5, 5.41) is 17.6. The van der Waals surface area contributed by atoms with Gasteiger partial charge in [0.25, 0.3) is 0 Å². The fourth-order valence-electron chi connectivity index (χ4n) is 1.60. The van der Waals surface area contributed by atoms with Gasteiger partial charge in [0.05, 0.1) is 6.42 Å². The fourth-order valence-corrected chi connectivity index (χ4v) is 1.60. The molecule has 0 aliphatic heterocycles. The summed E-state index contributed by atoms with van der Waals surface area (Å²) < 4.78 is 0. The first kappa shape index (κ1) is 14.1. The molecule has 0 aromatic carbocycles. The summed E-state index contributed by atoms with van der Waals surface area (Å²) in [6, 6.07) is 2.70. The molecule has 1 aromatic rings. The maximum Gasteiger partial charge on any atom is 0.321 e. The van der Waals surface area contributed by atoms with Crippen LogP contribution >= 0.6 is 0 Å². The van der Waals surface area contributed by atoms with Crippen LogP contribution in [0.1, 0.15) is 12.0 Å². The Morgan fingerprint density at radius 3 is 2.67 bits per heavy atom. The van der Waals surface area contributed by atoms with Gasteiger partial charge in [-0.05, 0) is 25.1 Å². The van der Waals surface area contributed by atoms with E-state index in [1.165, 1.54) is 4.90 Å². The summed E-state index contributed by atoms with van der Waals surface area (Å²) in [5.74, 6) is -2.23. The molecule has 1 heterocycles. The van der Waals surface area contributed by atoms with Crippen molar-refractivity contribution in [1.82, 2.24) is 9.88 Å². The minimum atomic E-state index is -1.12. The quantitative estimate of drug-likeness (QED) is 0.733. The lowest BCUT2D eigenvalue weighted by molar-refractivity contribution is -0.149. The first-order valence-electron chi connectivity index (χ1n) is 5.54. The molecule has 0 bridgehead atoms. The molecule has 0 saturated heterocycles. The maximum atomic E-state index is 11.0. The monoisotopic (exact) mass is 252 g/mol. The molecule has 1 rings (SSSR count). The number of rotatable bonds is 7. The molecule has 2 N–H and O–H groups in total. The molecule has 1 unspecified atom stereocenters. The summed E-state index contributed by atoms with van der Waals surface area (Å²) in [6.45, 7) is 0.468. The van der Waals surface area contributed by atoms with Gasteiger partial charge in [0.15, 0.2) is 0 Å². The van der Waals surface area contributed by atoms with Crippen molar-refractivity contribution in [2.24, 2.45) is 0 Å². The Balaban J connectivity index is 2.54. The first-order chi connectivity index (χ1) is 8.50. The number of aromatic nitrogens is 1. The zero-order valence-corrected chi connectivity index (χ0v) is 10.1. The van der Waals surface area contributed by atoms with Crippen molar-refractivity contribution in [2.45, 2.75) is 18.9 Å². The Hall–Kier alpha value is -1.95. The van der Waals surface area contributed by atoms with E-state index in [0.29, 0.717) is 13.0 Å². The van der Waals surface area contributed by atoms with Crippen molar-refractivity contribution in [3.8, 4) is 0 Å². The topological polar surface area (TPSA) is 90.7 Å². The van der Waals surface area contributed by atoms with Gasteiger partial charge in [0.2, 0.25) is 0 Å². The van der Waals surface area contributed by atoms with Crippen LogP contribution < -0.4 is 0 Å². The van der Waals surface area contributed by atoms with Gasteiger partial charge in [-0.25, -0.2) is 0 Å². The van der Waals surface area contributed by atoms with Crippen molar-refractivity contribution in [3.05, 3.63) is 30.1 Å². The van der Waals surface area contributed by atoms with E-state index in [0.717, 1.165) is 5.56 Å². The number of pyridine rings is 1. The molecule has 1 aromatic heterocycles. The van der Waals surface area contributed by atoms with E-state index in [4.69, 9.17) is 10.2 Å². The van der Waals surface area contributed by atoms with E-state index in [9.17, 15) is 9.59 Å². The molecular formula is C12H16N2O4. The molecule has 0 saturated carbocycles. The van der Waals surface area contributed by atoms with Gasteiger partial charge < -0.3 is 10.2 Å². The summed E-state index contributed by atoms with van der Waals surface area (Å²) in [7, 11) is 1.61. The van der Waals surface area contributed by atoms with Gasteiger partial charge in [-0.1, -0.05) is 6.07 Å². The minimum Gasteiger partial charge on any atom is -0.481 e. The van der Waals surface area contributed by atoms with E-state index in [2.05, 4.69) is 4.98 Å². The molecule has 0 amide bonds. The number of carboxylic acids is 2. The average molecular weight is 252 g/mol. The van der Waals surface area contributed by atoms with Gasteiger partial charge in [-0.15, -0.1) is 0 Å². The number of aliphatic carboxylic acids is 2. The van der Waals surface area contributed by atoms with Crippen LogP contribution in [0, 0.1) is 0 Å². The molecule has 0 spiro atoms. The van der Waals surface area contributed by atoms with Gasteiger partial charge in [-0.2, -0.15) is 0 Å². The van der Waals surface area contributed by atoms with Crippen LogP contribution in [0.15, 0.2) is 24.5 Å². The van der Waals surface area contributed by atoms with E-state index in [1.54, 1.807) is 25.5 Å². The van der Waals surface area contributed by atoms with Crippen molar-refractivity contribution in [1.29, 1.82) is 0 Å². The molecule has 0 aliphatic rings. The lowest BCUT2D eigenvalue weighted by atomic mass is 10.1. The fraction of sp³-hybridized carbons (Fsp3) is 0.417. The second-order valence-electron chi connectivity index (χ2n) is 4.04. The molecule has 0 fully saturated rings. The van der Waals surface area contributed by atoms with Crippen molar-refractivity contribution in [3.63, 3.8) is 0 Å². The molecular weight excluding hydrogens is 236 g/mol. The molecule has 18 heavy (non-hydrogen) atoms. The normalized spacial score (nSPS) is 12.3. The second-order valence-corrected chi connectivity index (χ2v) is 4.04. The molecule has 6 nitrogen and oxygen atoms in total. The molecule has 98 valence electrons. The van der Waals surface area contributed by atoms with Crippen LogP contribution in [0.3, 0.4) is 0 Å². The van der Waals surface area contributed by atoms with Crippen LogP contribution in [0.2, 0.25) is 0 Å². The lowest BCUT2D eigenvalue weighted by Gasteiger charge is -2.23. The maximum absolute atomic E-state index is 11.0. The molecule has 0 aliphatic carbocycles. The van der Waals surface area contributed by atoms with Gasteiger partial charge in [0.1, 0.15) is 6.04 Å². The Morgan fingerprint density at radius 2 is 2.17 bits per heavy atom.